The van der Waals surface area contributed by atoms with Crippen LogP contribution in [0.1, 0.15) is 43.7 Å². The van der Waals surface area contributed by atoms with Crippen LogP contribution >= 0.6 is 11.6 Å². The minimum absolute atomic E-state index is 0.0695. The molecule has 0 aromatic heterocycles. The normalized spacial score (nSPS) is 14.5. The van der Waals surface area contributed by atoms with E-state index in [1.54, 1.807) is 50.2 Å². The Labute approximate surface area is 242 Å². The zero-order chi connectivity index (χ0) is 28.7. The molecule has 0 aliphatic heterocycles. The molecule has 1 aliphatic carbocycles. The van der Waals surface area contributed by atoms with E-state index in [9.17, 15) is 18.0 Å². The third-order valence-electron chi connectivity index (χ3n) is 7.39. The molecule has 40 heavy (non-hydrogen) atoms. The van der Waals surface area contributed by atoms with Crippen LogP contribution in [-0.2, 0) is 26.0 Å². The van der Waals surface area contributed by atoms with Crippen molar-refractivity contribution < 1.29 is 18.0 Å². The SMILES string of the molecule is Cc1cc(Cl)ccc1N(CC(=O)N(CCc1ccccc1)[C@H](C)C(=O)NC1CCCC1)S(=O)(=O)c1ccccc1. The Morgan fingerprint density at radius 1 is 0.975 bits per heavy atom. The van der Waals surface area contributed by atoms with Crippen LogP contribution in [0, 0.1) is 6.92 Å². The van der Waals surface area contributed by atoms with Gasteiger partial charge in [-0.3, -0.25) is 13.9 Å². The number of carbonyl (C=O) groups excluding carboxylic acids is 2. The molecule has 1 aliphatic rings. The van der Waals surface area contributed by atoms with Gasteiger partial charge in [-0.15, -0.1) is 0 Å². The molecule has 0 heterocycles. The van der Waals surface area contributed by atoms with Crippen LogP contribution in [0.15, 0.2) is 83.8 Å². The summed E-state index contributed by atoms with van der Waals surface area (Å²) in [6, 6.07) is 21.9. The number of aryl methyl sites for hydroxylation is 1. The number of hydrogen-bond donors (Lipinski definition) is 1. The molecule has 1 N–H and O–H groups in total. The first-order valence-corrected chi connectivity index (χ1v) is 15.5. The van der Waals surface area contributed by atoms with Crippen molar-refractivity contribution in [1.29, 1.82) is 0 Å². The van der Waals surface area contributed by atoms with Crippen LogP contribution in [0.3, 0.4) is 0 Å². The second-order valence-corrected chi connectivity index (χ2v) is 12.5. The molecular weight excluding hydrogens is 546 g/mol. The van der Waals surface area contributed by atoms with Gasteiger partial charge in [-0.2, -0.15) is 0 Å². The van der Waals surface area contributed by atoms with Crippen molar-refractivity contribution in [3.05, 3.63) is 95.0 Å². The second-order valence-electron chi connectivity index (χ2n) is 10.2. The molecule has 3 aromatic rings. The summed E-state index contributed by atoms with van der Waals surface area (Å²) >= 11 is 6.17. The lowest BCUT2D eigenvalue weighted by Gasteiger charge is -2.33. The predicted octanol–water partition coefficient (Wildman–Crippen LogP) is 5.36. The highest BCUT2D eigenvalue weighted by atomic mass is 35.5. The molecule has 0 bridgehead atoms. The quantitative estimate of drug-likeness (QED) is 0.330. The first-order chi connectivity index (χ1) is 19.2. The van der Waals surface area contributed by atoms with E-state index in [-0.39, 0.29) is 23.4 Å². The van der Waals surface area contributed by atoms with Crippen LogP contribution in [0.5, 0.6) is 0 Å². The molecule has 0 spiro atoms. The number of anilines is 1. The first-order valence-electron chi connectivity index (χ1n) is 13.6. The van der Waals surface area contributed by atoms with E-state index >= 15 is 0 Å². The van der Waals surface area contributed by atoms with Crippen molar-refractivity contribution in [3.8, 4) is 0 Å². The van der Waals surface area contributed by atoms with Gasteiger partial charge >= 0.3 is 0 Å². The van der Waals surface area contributed by atoms with Gasteiger partial charge < -0.3 is 10.2 Å². The minimum Gasteiger partial charge on any atom is -0.352 e. The lowest BCUT2D eigenvalue weighted by atomic mass is 10.1. The van der Waals surface area contributed by atoms with Crippen molar-refractivity contribution in [2.45, 2.75) is 62.9 Å². The zero-order valence-electron chi connectivity index (χ0n) is 22.9. The summed E-state index contributed by atoms with van der Waals surface area (Å²) in [6.45, 7) is 3.26. The Bertz CT molecular complexity index is 1410. The molecule has 1 fully saturated rings. The largest absolute Gasteiger partial charge is 0.352 e. The maximum atomic E-state index is 14.0. The van der Waals surface area contributed by atoms with Gasteiger partial charge in [-0.1, -0.05) is 73.0 Å². The van der Waals surface area contributed by atoms with Gasteiger partial charge in [0.15, 0.2) is 0 Å². The molecule has 2 amide bonds. The van der Waals surface area contributed by atoms with Crippen molar-refractivity contribution in [2.75, 3.05) is 17.4 Å². The molecule has 0 saturated heterocycles. The molecule has 0 radical (unpaired) electrons. The highest BCUT2D eigenvalue weighted by Gasteiger charge is 2.33. The molecule has 0 unspecified atom stereocenters. The highest BCUT2D eigenvalue weighted by Crippen LogP contribution is 2.29. The number of amides is 2. The lowest BCUT2D eigenvalue weighted by Crippen LogP contribution is -2.53. The molecular formula is C31H36ClN3O4S. The summed E-state index contributed by atoms with van der Waals surface area (Å²) in [5, 5.41) is 3.55. The number of sulfonamides is 1. The summed E-state index contributed by atoms with van der Waals surface area (Å²) in [4.78, 5) is 28.8. The Morgan fingerprint density at radius 2 is 1.60 bits per heavy atom. The summed E-state index contributed by atoms with van der Waals surface area (Å²) in [5.74, 6) is -0.688. The van der Waals surface area contributed by atoms with Gasteiger partial charge in [0.25, 0.3) is 10.0 Å². The maximum Gasteiger partial charge on any atom is 0.264 e. The number of benzene rings is 3. The fraction of sp³-hybridized carbons (Fsp3) is 0.355. The summed E-state index contributed by atoms with van der Waals surface area (Å²) < 4.78 is 28.9. The minimum atomic E-state index is -4.11. The number of halogens is 1. The average molecular weight is 582 g/mol. The van der Waals surface area contributed by atoms with E-state index in [4.69, 9.17) is 11.6 Å². The number of nitrogens with zero attached hydrogens (tertiary/aromatic N) is 2. The summed E-state index contributed by atoms with van der Waals surface area (Å²) in [7, 11) is -4.11. The van der Waals surface area contributed by atoms with Gasteiger partial charge in [-0.25, -0.2) is 8.42 Å². The van der Waals surface area contributed by atoms with Crippen molar-refractivity contribution in [1.82, 2.24) is 10.2 Å². The molecule has 212 valence electrons. The van der Waals surface area contributed by atoms with Gasteiger partial charge in [0, 0.05) is 17.6 Å². The van der Waals surface area contributed by atoms with Crippen molar-refractivity contribution in [2.24, 2.45) is 0 Å². The number of carbonyl (C=O) groups is 2. The zero-order valence-corrected chi connectivity index (χ0v) is 24.5. The summed E-state index contributed by atoms with van der Waals surface area (Å²) in [5.41, 5.74) is 1.99. The average Bonchev–Trinajstić information content (AvgIpc) is 3.46. The Hall–Kier alpha value is -3.36. The van der Waals surface area contributed by atoms with Gasteiger partial charge in [0.1, 0.15) is 12.6 Å². The fourth-order valence-electron chi connectivity index (χ4n) is 5.09. The lowest BCUT2D eigenvalue weighted by molar-refractivity contribution is -0.139. The van der Waals surface area contributed by atoms with Crippen LogP contribution in [0.4, 0.5) is 5.69 Å². The Kier molecular flexibility index (Phi) is 9.87. The number of hydrogen-bond acceptors (Lipinski definition) is 4. The van der Waals surface area contributed by atoms with Crippen LogP contribution in [0.25, 0.3) is 0 Å². The third kappa shape index (κ3) is 7.23. The monoisotopic (exact) mass is 581 g/mol. The van der Waals surface area contributed by atoms with E-state index < -0.39 is 28.5 Å². The van der Waals surface area contributed by atoms with Crippen molar-refractivity contribution in [3.63, 3.8) is 0 Å². The fourth-order valence-corrected chi connectivity index (χ4v) is 6.82. The second kappa shape index (κ2) is 13.3. The number of rotatable bonds is 11. The molecule has 4 rings (SSSR count). The van der Waals surface area contributed by atoms with Crippen LogP contribution in [-0.4, -0.2) is 50.3 Å². The number of nitrogens with one attached hydrogen (secondary N) is 1. The van der Waals surface area contributed by atoms with E-state index in [0.717, 1.165) is 35.6 Å². The Morgan fingerprint density at radius 3 is 2.23 bits per heavy atom. The predicted molar refractivity (Wildman–Crippen MR) is 159 cm³/mol. The van der Waals surface area contributed by atoms with Crippen molar-refractivity contribution >= 4 is 39.1 Å². The molecule has 1 saturated carbocycles. The van der Waals surface area contributed by atoms with E-state index in [2.05, 4.69) is 5.32 Å². The van der Waals surface area contributed by atoms with Gasteiger partial charge in [0.2, 0.25) is 11.8 Å². The molecule has 1 atom stereocenters. The van der Waals surface area contributed by atoms with Crippen LogP contribution in [0.2, 0.25) is 5.02 Å². The third-order valence-corrected chi connectivity index (χ3v) is 9.40. The topological polar surface area (TPSA) is 86.8 Å². The van der Waals surface area contributed by atoms with Crippen LogP contribution < -0.4 is 9.62 Å². The van der Waals surface area contributed by atoms with E-state index in [1.165, 1.54) is 17.0 Å². The highest BCUT2D eigenvalue weighted by molar-refractivity contribution is 7.92. The first kappa shape index (κ1) is 29.6. The molecule has 7 nitrogen and oxygen atoms in total. The van der Waals surface area contributed by atoms with Gasteiger partial charge in [-0.05, 0) is 74.6 Å². The maximum absolute atomic E-state index is 14.0. The van der Waals surface area contributed by atoms with E-state index in [1.807, 2.05) is 30.3 Å². The summed E-state index contributed by atoms with van der Waals surface area (Å²) in [6.07, 6.45) is 4.52. The van der Waals surface area contributed by atoms with E-state index in [0.29, 0.717) is 22.7 Å². The Balaban J connectivity index is 1.66. The molecule has 3 aromatic carbocycles. The van der Waals surface area contributed by atoms with Gasteiger partial charge in [0.05, 0.1) is 10.6 Å². The standard InChI is InChI=1S/C31H36ClN3O4S/c1-23-21-26(32)17-18-29(23)35(40(38,39)28-15-7-4-8-16-28)22-30(36)34(20-19-25-11-5-3-6-12-25)24(2)31(37)33-27-13-9-10-14-27/h3-8,11-12,15-18,21,24,27H,9-10,13-14,19-20,22H2,1-2H3,(H,33,37)/t24-/m1/s1. The molecule has 9 heteroatoms. The smallest absolute Gasteiger partial charge is 0.264 e.